The number of hydrogen-bond acceptors (Lipinski definition) is 3. The second-order valence-corrected chi connectivity index (χ2v) is 6.75. The molecule has 0 aromatic rings. The van der Waals surface area contributed by atoms with Gasteiger partial charge in [0, 0.05) is 6.54 Å². The van der Waals surface area contributed by atoms with Crippen LogP contribution in [0.4, 0.5) is 0 Å². The highest BCUT2D eigenvalue weighted by Gasteiger charge is 2.34. The summed E-state index contributed by atoms with van der Waals surface area (Å²) in [7, 11) is 10.9. The van der Waals surface area contributed by atoms with Crippen LogP contribution in [-0.2, 0) is 0 Å². The molecule has 0 amide bonds. The van der Waals surface area contributed by atoms with E-state index in [0.717, 1.165) is 11.8 Å². The lowest BCUT2D eigenvalue weighted by Gasteiger charge is -2.48. The summed E-state index contributed by atoms with van der Waals surface area (Å²) in [5.41, 5.74) is 0. The van der Waals surface area contributed by atoms with E-state index in [0.29, 0.717) is 0 Å². The van der Waals surface area contributed by atoms with E-state index in [9.17, 15) is 0 Å². The lowest BCUT2D eigenvalue weighted by atomic mass is 10.0. The summed E-state index contributed by atoms with van der Waals surface area (Å²) in [4.78, 5) is 7.07. The molecule has 0 heterocycles. The molecule has 3 nitrogen and oxygen atoms in total. The van der Waals surface area contributed by atoms with Crippen LogP contribution in [0.3, 0.4) is 0 Å². The smallest absolute Gasteiger partial charge is 0.126 e. The van der Waals surface area contributed by atoms with Gasteiger partial charge in [-0.1, -0.05) is 19.8 Å². The summed E-state index contributed by atoms with van der Waals surface area (Å²) in [6.07, 6.45) is 5.66. The molecule has 0 bridgehead atoms. The van der Waals surface area contributed by atoms with E-state index in [1.54, 1.807) is 0 Å². The van der Waals surface area contributed by atoms with Crippen LogP contribution in [0.1, 0.15) is 39.5 Å². The van der Waals surface area contributed by atoms with Gasteiger partial charge in [-0.3, -0.25) is 14.7 Å². The fraction of sp³-hybridized carbons (Fsp3) is 1.00. The highest BCUT2D eigenvalue weighted by molar-refractivity contribution is 4.81. The minimum absolute atomic E-state index is 0.00419. The van der Waals surface area contributed by atoms with Crippen LogP contribution in [-0.4, -0.2) is 62.3 Å². The largest absolute Gasteiger partial charge is 0.279 e. The van der Waals surface area contributed by atoms with Crippen molar-refractivity contribution in [3.8, 4) is 0 Å². The summed E-state index contributed by atoms with van der Waals surface area (Å²) in [6.45, 7) is 5.88. The minimum Gasteiger partial charge on any atom is -0.279 e. The summed E-state index contributed by atoms with van der Waals surface area (Å²) in [5.74, 6) is 1.91. The molecule has 1 aliphatic rings. The van der Waals surface area contributed by atoms with Gasteiger partial charge in [0.15, 0.2) is 0 Å². The Balaban J connectivity index is 2.50. The molecule has 0 saturated heterocycles. The van der Waals surface area contributed by atoms with Gasteiger partial charge in [0.1, 0.15) is 5.79 Å². The van der Waals surface area contributed by atoms with Crippen LogP contribution >= 0.6 is 0 Å². The Bertz CT molecular complexity index is 242. The molecule has 0 aromatic heterocycles. The van der Waals surface area contributed by atoms with E-state index in [1.165, 1.54) is 32.2 Å². The number of nitrogens with zero attached hydrogens (tertiary/aromatic N) is 3. The zero-order chi connectivity index (χ0) is 13.9. The molecule has 1 aliphatic carbocycles. The SMILES string of the molecule is CC1CCC(CCN(C)C(C)(N(C)C)N(C)C)C1. The van der Waals surface area contributed by atoms with Crippen molar-refractivity contribution in [2.75, 3.05) is 41.8 Å². The third-order valence-electron chi connectivity index (χ3n) is 5.09. The molecule has 108 valence electrons. The van der Waals surface area contributed by atoms with Gasteiger partial charge in [-0.2, -0.15) is 0 Å². The van der Waals surface area contributed by atoms with Gasteiger partial charge in [0.2, 0.25) is 0 Å². The van der Waals surface area contributed by atoms with Crippen molar-refractivity contribution in [3.63, 3.8) is 0 Å². The minimum atomic E-state index is 0.00419. The van der Waals surface area contributed by atoms with Gasteiger partial charge >= 0.3 is 0 Å². The molecular formula is C15H33N3. The lowest BCUT2D eigenvalue weighted by Crippen LogP contribution is -2.63. The Labute approximate surface area is 114 Å². The lowest BCUT2D eigenvalue weighted by molar-refractivity contribution is -0.106. The second kappa shape index (κ2) is 6.36. The molecule has 0 aliphatic heterocycles. The van der Waals surface area contributed by atoms with Gasteiger partial charge in [0.05, 0.1) is 0 Å². The van der Waals surface area contributed by atoms with E-state index in [1.807, 2.05) is 0 Å². The number of hydrogen-bond donors (Lipinski definition) is 0. The normalized spacial score (nSPS) is 25.7. The third-order valence-corrected chi connectivity index (χ3v) is 5.09. The highest BCUT2D eigenvalue weighted by atomic mass is 15.5. The fourth-order valence-electron chi connectivity index (χ4n) is 3.26. The first-order valence-electron chi connectivity index (χ1n) is 7.34. The Hall–Kier alpha value is -0.120. The van der Waals surface area contributed by atoms with Crippen molar-refractivity contribution in [3.05, 3.63) is 0 Å². The predicted octanol–water partition coefficient (Wildman–Crippen LogP) is 2.54. The molecule has 0 aromatic carbocycles. The maximum absolute atomic E-state index is 2.48. The maximum atomic E-state index is 2.48. The highest BCUT2D eigenvalue weighted by Crippen LogP contribution is 2.33. The Morgan fingerprint density at radius 2 is 1.56 bits per heavy atom. The molecule has 2 atom stereocenters. The van der Waals surface area contributed by atoms with Crippen LogP contribution < -0.4 is 0 Å². The summed E-state index contributed by atoms with van der Waals surface area (Å²) < 4.78 is 0. The molecule has 0 radical (unpaired) electrons. The predicted molar refractivity (Wildman–Crippen MR) is 79.5 cm³/mol. The number of rotatable bonds is 6. The average molecular weight is 255 g/mol. The van der Waals surface area contributed by atoms with Crippen molar-refractivity contribution in [1.29, 1.82) is 0 Å². The van der Waals surface area contributed by atoms with Crippen molar-refractivity contribution < 1.29 is 0 Å². The fourth-order valence-corrected chi connectivity index (χ4v) is 3.26. The van der Waals surface area contributed by atoms with Gasteiger partial charge in [0.25, 0.3) is 0 Å². The third kappa shape index (κ3) is 3.46. The monoisotopic (exact) mass is 255 g/mol. The molecule has 2 unspecified atom stereocenters. The molecule has 1 saturated carbocycles. The Morgan fingerprint density at radius 1 is 1.00 bits per heavy atom. The first kappa shape index (κ1) is 15.9. The Kier molecular flexibility index (Phi) is 5.63. The second-order valence-electron chi connectivity index (χ2n) is 6.75. The van der Waals surface area contributed by atoms with E-state index in [2.05, 4.69) is 63.8 Å². The van der Waals surface area contributed by atoms with Gasteiger partial charge in [-0.05, 0) is 66.8 Å². The van der Waals surface area contributed by atoms with Crippen LogP contribution in [0, 0.1) is 11.8 Å². The molecule has 0 N–H and O–H groups in total. The molecule has 3 heteroatoms. The standard InChI is InChI=1S/C15H33N3/c1-13-8-9-14(12-13)10-11-18(7)15(2,16(3)4)17(5)6/h13-14H,8-12H2,1-7H3. The zero-order valence-corrected chi connectivity index (χ0v) is 13.5. The first-order valence-corrected chi connectivity index (χ1v) is 7.34. The quantitative estimate of drug-likeness (QED) is 0.675. The van der Waals surface area contributed by atoms with Crippen molar-refractivity contribution in [2.24, 2.45) is 11.8 Å². The van der Waals surface area contributed by atoms with E-state index < -0.39 is 0 Å². The van der Waals surface area contributed by atoms with E-state index >= 15 is 0 Å². The van der Waals surface area contributed by atoms with Gasteiger partial charge in [-0.25, -0.2) is 0 Å². The van der Waals surface area contributed by atoms with Gasteiger partial charge in [-0.15, -0.1) is 0 Å². The van der Waals surface area contributed by atoms with E-state index in [4.69, 9.17) is 0 Å². The van der Waals surface area contributed by atoms with Crippen molar-refractivity contribution in [1.82, 2.24) is 14.7 Å². The molecule has 18 heavy (non-hydrogen) atoms. The van der Waals surface area contributed by atoms with Crippen molar-refractivity contribution in [2.45, 2.75) is 45.3 Å². The molecular weight excluding hydrogens is 222 g/mol. The molecule has 1 rings (SSSR count). The van der Waals surface area contributed by atoms with Crippen LogP contribution in [0.2, 0.25) is 0 Å². The maximum Gasteiger partial charge on any atom is 0.126 e. The van der Waals surface area contributed by atoms with Gasteiger partial charge < -0.3 is 0 Å². The first-order chi connectivity index (χ1) is 8.28. The summed E-state index contributed by atoms with van der Waals surface area (Å²) in [5, 5.41) is 0. The van der Waals surface area contributed by atoms with Crippen LogP contribution in [0.5, 0.6) is 0 Å². The zero-order valence-electron chi connectivity index (χ0n) is 13.5. The van der Waals surface area contributed by atoms with Crippen LogP contribution in [0.25, 0.3) is 0 Å². The summed E-state index contributed by atoms with van der Waals surface area (Å²) in [6, 6.07) is 0. The van der Waals surface area contributed by atoms with Crippen molar-refractivity contribution >= 4 is 0 Å². The van der Waals surface area contributed by atoms with E-state index in [-0.39, 0.29) is 5.79 Å². The van der Waals surface area contributed by atoms with Crippen LogP contribution in [0.15, 0.2) is 0 Å². The Morgan fingerprint density at radius 3 is 1.94 bits per heavy atom. The topological polar surface area (TPSA) is 9.72 Å². The molecule has 1 fully saturated rings. The average Bonchev–Trinajstić information content (AvgIpc) is 2.70. The summed E-state index contributed by atoms with van der Waals surface area (Å²) >= 11 is 0. The molecule has 0 spiro atoms.